The number of aryl methyl sites for hydroxylation is 1. The molecule has 0 amide bonds. The second kappa shape index (κ2) is 4.38. The van der Waals surface area contributed by atoms with Crippen LogP contribution in [0, 0.1) is 6.92 Å². The van der Waals surface area contributed by atoms with E-state index in [0.717, 1.165) is 15.4 Å². The number of nitrogens with zero attached hydrogens (tertiary/aromatic N) is 3. The van der Waals surface area contributed by atoms with Gasteiger partial charge in [0.1, 0.15) is 0 Å². The molecule has 0 aliphatic carbocycles. The zero-order valence-electron chi connectivity index (χ0n) is 10.4. The molecule has 0 atom stereocenters. The number of fused-ring (bicyclic) bond motifs is 1. The number of hydrogen-bond donors (Lipinski definition) is 1. The van der Waals surface area contributed by atoms with Gasteiger partial charge in [-0.2, -0.15) is 22.1 Å². The van der Waals surface area contributed by atoms with Crippen LogP contribution < -0.4 is 5.46 Å². The second-order valence-electron chi connectivity index (χ2n) is 4.31. The van der Waals surface area contributed by atoms with Crippen LogP contribution in [0.2, 0.25) is 0 Å². The summed E-state index contributed by atoms with van der Waals surface area (Å²) in [7, 11) is -2.29. The van der Waals surface area contributed by atoms with E-state index in [0.29, 0.717) is 9.79 Å². The van der Waals surface area contributed by atoms with Gasteiger partial charge in [-0.3, -0.25) is 0 Å². The first-order valence-electron chi connectivity index (χ1n) is 5.38. The van der Waals surface area contributed by atoms with E-state index >= 15 is 0 Å². The molecule has 0 aromatic heterocycles. The van der Waals surface area contributed by atoms with Crippen LogP contribution >= 0.6 is 0 Å². The summed E-state index contributed by atoms with van der Waals surface area (Å²) in [5, 5.41) is 13.9. The Hall–Kier alpha value is -1.38. The van der Waals surface area contributed by atoms with E-state index in [2.05, 4.69) is 5.10 Å². The first-order chi connectivity index (χ1) is 8.34. The largest absolute Gasteiger partial charge is 0.485 e. The van der Waals surface area contributed by atoms with Gasteiger partial charge in [0.25, 0.3) is 0 Å². The predicted octanol–water partition coefficient (Wildman–Crippen LogP) is -0.862. The first kappa shape index (κ1) is 13.1. The molecule has 0 radical (unpaired) electrons. The molecule has 0 spiro atoms. The Morgan fingerprint density at radius 1 is 1.39 bits per heavy atom. The highest BCUT2D eigenvalue weighted by Crippen LogP contribution is 2.13. The molecule has 0 bridgehead atoms. The van der Waals surface area contributed by atoms with E-state index < -0.39 is 17.3 Å². The molecule has 6 nitrogen and oxygen atoms in total. The minimum absolute atomic E-state index is 0.529. The van der Waals surface area contributed by atoms with Crippen LogP contribution in [-0.4, -0.2) is 49.4 Å². The Kier molecular flexibility index (Phi) is 3.18. The quantitative estimate of drug-likeness (QED) is 0.708. The van der Waals surface area contributed by atoms with Gasteiger partial charge in [0.2, 0.25) is 0 Å². The highest BCUT2D eigenvalue weighted by Gasteiger charge is 2.38. The van der Waals surface area contributed by atoms with E-state index in [1.54, 1.807) is 6.07 Å². The van der Waals surface area contributed by atoms with Gasteiger partial charge in [-0.15, -0.1) is 0 Å². The molecule has 0 saturated heterocycles. The zero-order valence-corrected chi connectivity index (χ0v) is 11.2. The fraction of sp³-hybridized carbons (Fsp3) is 0.300. The van der Waals surface area contributed by atoms with Crippen molar-refractivity contribution in [2.45, 2.75) is 6.92 Å². The Bertz CT molecular complexity index is 600. The third-order valence-electron chi connectivity index (χ3n) is 2.74. The average molecular weight is 267 g/mol. The lowest BCUT2D eigenvalue weighted by Gasteiger charge is -2.28. The van der Waals surface area contributed by atoms with Gasteiger partial charge in [0.05, 0.1) is 6.21 Å². The van der Waals surface area contributed by atoms with Gasteiger partial charge in [-0.25, -0.2) is 0 Å². The molecule has 1 N–H and O–H groups in total. The highest BCUT2D eigenvalue weighted by atomic mass is 32.2. The summed E-state index contributed by atoms with van der Waals surface area (Å²) in [5.74, 6) is 0. The Morgan fingerprint density at radius 3 is 2.67 bits per heavy atom. The maximum absolute atomic E-state index is 12.0. The molecule has 1 aliphatic heterocycles. The van der Waals surface area contributed by atoms with Crippen molar-refractivity contribution in [3.05, 3.63) is 29.3 Å². The van der Waals surface area contributed by atoms with E-state index in [1.165, 1.54) is 20.3 Å². The molecular formula is C10H14BN3O3S. The van der Waals surface area contributed by atoms with Crippen molar-refractivity contribution in [1.82, 2.24) is 8.63 Å². The van der Waals surface area contributed by atoms with Crippen LogP contribution in [0.3, 0.4) is 0 Å². The molecule has 8 heteroatoms. The number of hydrogen-bond acceptors (Lipinski definition) is 4. The molecule has 96 valence electrons. The topological polar surface area (TPSA) is 73.2 Å². The van der Waals surface area contributed by atoms with Crippen molar-refractivity contribution in [3.63, 3.8) is 0 Å². The minimum atomic E-state index is -3.78. The van der Waals surface area contributed by atoms with Crippen molar-refractivity contribution in [3.8, 4) is 0 Å². The maximum Gasteiger partial charge on any atom is 0.485 e. The summed E-state index contributed by atoms with van der Waals surface area (Å²) in [6.45, 7) is 1.92. The monoisotopic (exact) mass is 267 g/mol. The lowest BCUT2D eigenvalue weighted by molar-refractivity contribution is 0.435. The fourth-order valence-corrected chi connectivity index (χ4v) is 2.56. The third-order valence-corrected chi connectivity index (χ3v) is 4.43. The fourth-order valence-electron chi connectivity index (χ4n) is 1.70. The second-order valence-corrected chi connectivity index (χ2v) is 6.31. The minimum Gasteiger partial charge on any atom is -0.427 e. The predicted molar refractivity (Wildman–Crippen MR) is 70.8 cm³/mol. The summed E-state index contributed by atoms with van der Waals surface area (Å²) in [6, 6.07) is 5.38. The van der Waals surface area contributed by atoms with Crippen molar-refractivity contribution >= 4 is 28.9 Å². The number of hydrazone groups is 1. The van der Waals surface area contributed by atoms with Crippen LogP contribution in [0.4, 0.5) is 0 Å². The summed E-state index contributed by atoms with van der Waals surface area (Å²) in [6.07, 6.45) is 1.44. The number of rotatable bonds is 2. The average Bonchev–Trinajstić information content (AvgIpc) is 2.28. The van der Waals surface area contributed by atoms with Crippen LogP contribution in [0.5, 0.6) is 0 Å². The Morgan fingerprint density at radius 2 is 2.06 bits per heavy atom. The summed E-state index contributed by atoms with van der Waals surface area (Å²) in [4.78, 5) is 0. The summed E-state index contributed by atoms with van der Waals surface area (Å²) < 4.78 is 25.6. The zero-order chi connectivity index (χ0) is 13.5. The van der Waals surface area contributed by atoms with E-state index in [-0.39, 0.29) is 0 Å². The van der Waals surface area contributed by atoms with E-state index in [1.807, 2.05) is 19.1 Å². The van der Waals surface area contributed by atoms with Gasteiger partial charge < -0.3 is 5.02 Å². The highest BCUT2D eigenvalue weighted by molar-refractivity contribution is 7.87. The standard InChI is InChI=1S/C10H14BN3O3S/c1-8-4-5-10-9(6-8)7-12-14(11(10)15)18(16,17)13(2)3/h4-7,15H,1-3H3. The molecule has 1 aromatic carbocycles. The van der Waals surface area contributed by atoms with Crippen molar-refractivity contribution in [2.75, 3.05) is 14.1 Å². The summed E-state index contributed by atoms with van der Waals surface area (Å²) >= 11 is 0. The number of benzene rings is 1. The maximum atomic E-state index is 12.0. The smallest absolute Gasteiger partial charge is 0.427 e. The van der Waals surface area contributed by atoms with Gasteiger partial charge >= 0.3 is 17.3 Å². The first-order valence-corrected chi connectivity index (χ1v) is 6.78. The van der Waals surface area contributed by atoms with E-state index in [4.69, 9.17) is 0 Å². The van der Waals surface area contributed by atoms with E-state index in [9.17, 15) is 13.4 Å². The normalized spacial score (nSPS) is 15.2. The van der Waals surface area contributed by atoms with Gasteiger partial charge in [-0.05, 0) is 17.9 Å². The molecule has 1 aliphatic rings. The van der Waals surface area contributed by atoms with Crippen molar-refractivity contribution < 1.29 is 13.4 Å². The van der Waals surface area contributed by atoms with Crippen LogP contribution in [0.15, 0.2) is 23.3 Å². The third kappa shape index (κ3) is 2.02. The lowest BCUT2D eigenvalue weighted by Crippen LogP contribution is -2.55. The molecule has 2 rings (SSSR count). The molecule has 0 fully saturated rings. The van der Waals surface area contributed by atoms with Crippen molar-refractivity contribution in [2.24, 2.45) is 5.10 Å². The van der Waals surface area contributed by atoms with Crippen molar-refractivity contribution in [1.29, 1.82) is 0 Å². The van der Waals surface area contributed by atoms with Crippen LogP contribution in [0.1, 0.15) is 11.1 Å². The Labute approximate surface area is 107 Å². The molecule has 1 heterocycles. The van der Waals surface area contributed by atoms with Gasteiger partial charge in [0.15, 0.2) is 0 Å². The molecular weight excluding hydrogens is 253 g/mol. The lowest BCUT2D eigenvalue weighted by atomic mass is 9.71. The molecule has 1 aromatic rings. The molecule has 0 saturated carbocycles. The van der Waals surface area contributed by atoms with Gasteiger partial charge in [0, 0.05) is 14.1 Å². The van der Waals surface area contributed by atoms with Gasteiger partial charge in [-0.1, -0.05) is 23.8 Å². The van der Waals surface area contributed by atoms with Crippen LogP contribution in [-0.2, 0) is 10.2 Å². The SMILES string of the molecule is Cc1ccc2c(c1)C=NN(S(=O)(=O)N(C)C)B2O. The Balaban J connectivity index is 2.47. The molecule has 0 unspecified atom stereocenters. The summed E-state index contributed by atoms with van der Waals surface area (Å²) in [5.41, 5.74) is 2.28. The molecule has 18 heavy (non-hydrogen) atoms. The van der Waals surface area contributed by atoms with Crippen LogP contribution in [0.25, 0.3) is 0 Å².